The van der Waals surface area contributed by atoms with Crippen LogP contribution in [0.2, 0.25) is 0 Å². The summed E-state index contributed by atoms with van der Waals surface area (Å²) in [6.45, 7) is 2.06. The van der Waals surface area contributed by atoms with Gasteiger partial charge in [-0.3, -0.25) is 0 Å². The summed E-state index contributed by atoms with van der Waals surface area (Å²) in [4.78, 5) is 4.40. The summed E-state index contributed by atoms with van der Waals surface area (Å²) < 4.78 is 1.83. The molecule has 0 saturated heterocycles. The molecule has 2 aromatic heterocycles. The minimum Gasteiger partial charge on any atom is -0.396 e. The summed E-state index contributed by atoms with van der Waals surface area (Å²) in [5.74, 6) is 0. The molecule has 0 aliphatic carbocycles. The molecule has 0 amide bonds. The van der Waals surface area contributed by atoms with Gasteiger partial charge >= 0.3 is 0 Å². The van der Waals surface area contributed by atoms with Crippen molar-refractivity contribution in [1.82, 2.24) is 14.6 Å². The number of fused-ring (bicyclic) bond motifs is 1. The molecule has 0 bridgehead atoms. The van der Waals surface area contributed by atoms with Gasteiger partial charge in [0.1, 0.15) is 0 Å². The topological polar surface area (TPSA) is 56.2 Å². The third kappa shape index (κ3) is 1.54. The molecule has 2 N–H and O–H groups in total. The molecule has 1 aromatic carbocycles. The summed E-state index contributed by atoms with van der Waals surface area (Å²) in [6, 6.07) is 10.1. The molecule has 0 saturated carbocycles. The number of nitrogen functional groups attached to an aromatic ring is 1. The Morgan fingerprint density at radius 2 is 1.94 bits per heavy atom. The largest absolute Gasteiger partial charge is 0.396 e. The Balaban J connectivity index is 2.28. The smallest absolute Gasteiger partial charge is 0.163 e. The van der Waals surface area contributed by atoms with Crippen molar-refractivity contribution in [3.63, 3.8) is 0 Å². The molecule has 2 heterocycles. The molecular weight excluding hydrogens is 224 g/mol. The van der Waals surface area contributed by atoms with Crippen molar-refractivity contribution in [1.29, 1.82) is 0 Å². The standard InChI is InChI=1S/C14H14N4/c1-2-13-12(15)9-16-14-11(8-17-18(13)14)10-6-4-3-5-7-10/h3-9H,2,15H2,1H3. The van der Waals surface area contributed by atoms with Gasteiger partial charge in [-0.1, -0.05) is 37.3 Å². The minimum atomic E-state index is 0.688. The highest BCUT2D eigenvalue weighted by Gasteiger charge is 2.11. The van der Waals surface area contributed by atoms with Crippen LogP contribution in [0.3, 0.4) is 0 Å². The summed E-state index contributed by atoms with van der Waals surface area (Å²) in [5, 5.41) is 4.40. The third-order valence-corrected chi connectivity index (χ3v) is 3.08. The highest BCUT2D eigenvalue weighted by atomic mass is 15.3. The van der Waals surface area contributed by atoms with Crippen molar-refractivity contribution in [3.8, 4) is 11.1 Å². The van der Waals surface area contributed by atoms with Crippen LogP contribution in [0.1, 0.15) is 12.6 Å². The van der Waals surface area contributed by atoms with E-state index in [-0.39, 0.29) is 0 Å². The second-order valence-corrected chi connectivity index (χ2v) is 4.17. The van der Waals surface area contributed by atoms with Gasteiger partial charge in [0.05, 0.1) is 23.8 Å². The van der Waals surface area contributed by atoms with Crippen LogP contribution >= 0.6 is 0 Å². The van der Waals surface area contributed by atoms with Crippen LogP contribution < -0.4 is 5.73 Å². The fourth-order valence-electron chi connectivity index (χ4n) is 2.17. The molecule has 3 aromatic rings. The number of nitrogens with zero attached hydrogens (tertiary/aromatic N) is 3. The summed E-state index contributed by atoms with van der Waals surface area (Å²) in [6.07, 6.45) is 4.39. The first-order chi connectivity index (χ1) is 8.81. The first kappa shape index (κ1) is 10.8. The van der Waals surface area contributed by atoms with E-state index >= 15 is 0 Å². The van der Waals surface area contributed by atoms with Crippen LogP contribution in [0.25, 0.3) is 16.8 Å². The van der Waals surface area contributed by atoms with Crippen LogP contribution in [0.15, 0.2) is 42.7 Å². The fourth-order valence-corrected chi connectivity index (χ4v) is 2.17. The lowest BCUT2D eigenvalue weighted by atomic mass is 10.1. The quantitative estimate of drug-likeness (QED) is 0.746. The van der Waals surface area contributed by atoms with Gasteiger partial charge in [0.2, 0.25) is 0 Å². The van der Waals surface area contributed by atoms with E-state index in [0.717, 1.165) is 28.9 Å². The van der Waals surface area contributed by atoms with Crippen molar-refractivity contribution in [3.05, 3.63) is 48.4 Å². The monoisotopic (exact) mass is 238 g/mol. The number of rotatable bonds is 2. The average Bonchev–Trinajstić information content (AvgIpc) is 2.83. The Hall–Kier alpha value is -2.36. The first-order valence-electron chi connectivity index (χ1n) is 5.97. The number of hydrogen-bond donors (Lipinski definition) is 1. The van der Waals surface area contributed by atoms with Gasteiger partial charge < -0.3 is 5.73 Å². The number of aryl methyl sites for hydroxylation is 1. The zero-order valence-corrected chi connectivity index (χ0v) is 10.2. The molecule has 0 aliphatic rings. The summed E-state index contributed by atoms with van der Waals surface area (Å²) in [5.41, 5.74) is 10.6. The molecular formula is C14H14N4. The van der Waals surface area contributed by atoms with Crippen LogP contribution in [0.5, 0.6) is 0 Å². The van der Waals surface area contributed by atoms with E-state index < -0.39 is 0 Å². The van der Waals surface area contributed by atoms with Crippen molar-refractivity contribution < 1.29 is 0 Å². The Morgan fingerprint density at radius 3 is 2.67 bits per heavy atom. The van der Waals surface area contributed by atoms with Gasteiger partial charge in [0, 0.05) is 5.56 Å². The lowest BCUT2D eigenvalue weighted by Crippen LogP contribution is -2.04. The number of anilines is 1. The third-order valence-electron chi connectivity index (χ3n) is 3.08. The predicted octanol–water partition coefficient (Wildman–Crippen LogP) is 2.54. The van der Waals surface area contributed by atoms with E-state index in [4.69, 9.17) is 5.73 Å². The second-order valence-electron chi connectivity index (χ2n) is 4.17. The first-order valence-corrected chi connectivity index (χ1v) is 5.97. The number of aromatic nitrogens is 3. The summed E-state index contributed by atoms with van der Waals surface area (Å²) in [7, 11) is 0. The van der Waals surface area contributed by atoms with Gasteiger partial charge in [-0.2, -0.15) is 5.10 Å². The molecule has 90 valence electrons. The highest BCUT2D eigenvalue weighted by molar-refractivity contribution is 5.77. The number of benzene rings is 1. The van der Waals surface area contributed by atoms with Crippen LogP contribution in [-0.4, -0.2) is 14.6 Å². The van der Waals surface area contributed by atoms with Crippen molar-refractivity contribution in [2.24, 2.45) is 0 Å². The molecule has 0 spiro atoms. The van der Waals surface area contributed by atoms with Gasteiger partial charge in [-0.05, 0) is 12.0 Å². The molecule has 0 atom stereocenters. The Kier molecular flexibility index (Phi) is 2.48. The molecule has 3 rings (SSSR count). The number of nitrogens with two attached hydrogens (primary N) is 1. The predicted molar refractivity (Wildman–Crippen MR) is 72.2 cm³/mol. The van der Waals surface area contributed by atoms with Gasteiger partial charge in [0.15, 0.2) is 5.65 Å². The molecule has 4 heteroatoms. The second kappa shape index (κ2) is 4.14. The Labute approximate surface area is 105 Å². The molecule has 0 fully saturated rings. The highest BCUT2D eigenvalue weighted by Crippen LogP contribution is 2.24. The van der Waals surface area contributed by atoms with Gasteiger partial charge in [-0.25, -0.2) is 9.50 Å². The lowest BCUT2D eigenvalue weighted by molar-refractivity contribution is 0.854. The molecule has 4 nitrogen and oxygen atoms in total. The van der Waals surface area contributed by atoms with E-state index in [0.29, 0.717) is 5.69 Å². The molecule has 0 aliphatic heterocycles. The number of hydrogen-bond acceptors (Lipinski definition) is 3. The normalized spacial score (nSPS) is 10.9. The zero-order chi connectivity index (χ0) is 12.5. The fraction of sp³-hybridized carbons (Fsp3) is 0.143. The van der Waals surface area contributed by atoms with Gasteiger partial charge in [-0.15, -0.1) is 0 Å². The van der Waals surface area contributed by atoms with Crippen LogP contribution in [-0.2, 0) is 6.42 Å². The van der Waals surface area contributed by atoms with E-state index in [1.807, 2.05) is 28.9 Å². The van der Waals surface area contributed by atoms with E-state index in [1.54, 1.807) is 6.20 Å². The molecule has 18 heavy (non-hydrogen) atoms. The van der Waals surface area contributed by atoms with Gasteiger partial charge in [0.25, 0.3) is 0 Å². The Morgan fingerprint density at radius 1 is 1.17 bits per heavy atom. The van der Waals surface area contributed by atoms with Crippen LogP contribution in [0, 0.1) is 0 Å². The van der Waals surface area contributed by atoms with Crippen molar-refractivity contribution >= 4 is 11.3 Å². The van der Waals surface area contributed by atoms with Crippen molar-refractivity contribution in [2.45, 2.75) is 13.3 Å². The lowest BCUT2D eigenvalue weighted by Gasteiger charge is -2.05. The van der Waals surface area contributed by atoms with E-state index in [2.05, 4.69) is 29.1 Å². The minimum absolute atomic E-state index is 0.688. The maximum atomic E-state index is 5.92. The van der Waals surface area contributed by atoms with E-state index in [1.165, 1.54) is 0 Å². The molecule has 0 unspecified atom stereocenters. The SMILES string of the molecule is CCc1c(N)cnc2c(-c3ccccc3)cnn12. The zero-order valence-electron chi connectivity index (χ0n) is 10.2. The maximum absolute atomic E-state index is 5.92. The van der Waals surface area contributed by atoms with E-state index in [9.17, 15) is 0 Å². The maximum Gasteiger partial charge on any atom is 0.163 e. The Bertz CT molecular complexity index is 686. The van der Waals surface area contributed by atoms with Crippen LogP contribution in [0.4, 0.5) is 5.69 Å². The average molecular weight is 238 g/mol. The summed E-state index contributed by atoms with van der Waals surface area (Å²) >= 11 is 0. The molecule has 0 radical (unpaired) electrons. The van der Waals surface area contributed by atoms with Crippen molar-refractivity contribution in [2.75, 3.05) is 5.73 Å².